The predicted octanol–water partition coefficient (Wildman–Crippen LogP) is 2.31. The number of hydrogen-bond donors (Lipinski definition) is 1. The lowest BCUT2D eigenvalue weighted by Gasteiger charge is -2.55. The Morgan fingerprint density at radius 1 is 0.941 bits per heavy atom. The molecule has 5 fully saturated rings. The molecule has 17 heavy (non-hydrogen) atoms. The average molecular weight is 234 g/mol. The van der Waals surface area contributed by atoms with E-state index in [0.717, 1.165) is 36.3 Å². The number of nitrogens with one attached hydrogen (secondary N) is 1. The molecule has 0 aromatic heterocycles. The second-order valence-corrected chi connectivity index (χ2v) is 7.18. The minimum atomic E-state index is 1.06. The summed E-state index contributed by atoms with van der Waals surface area (Å²) in [4.78, 5) is 2.69. The Labute approximate surface area is 105 Å². The highest BCUT2D eigenvalue weighted by Gasteiger charge is 2.48. The Morgan fingerprint density at radius 2 is 1.65 bits per heavy atom. The van der Waals surface area contributed by atoms with Crippen molar-refractivity contribution < 1.29 is 0 Å². The number of nitrogens with zero attached hydrogens (tertiary/aromatic N) is 1. The van der Waals surface area contributed by atoms with E-state index >= 15 is 0 Å². The number of hydrogen-bond acceptors (Lipinski definition) is 2. The summed E-state index contributed by atoms with van der Waals surface area (Å²) < 4.78 is 0. The van der Waals surface area contributed by atoms with Crippen LogP contribution in [0.15, 0.2) is 0 Å². The summed E-state index contributed by atoms with van der Waals surface area (Å²) in [5, 5.41) is 3.53. The molecule has 0 aromatic rings. The van der Waals surface area contributed by atoms with Gasteiger partial charge in [-0.2, -0.15) is 0 Å². The molecule has 5 rings (SSSR count). The zero-order valence-electron chi connectivity index (χ0n) is 10.9. The first-order valence-electron chi connectivity index (χ1n) is 7.81. The third kappa shape index (κ3) is 1.94. The van der Waals surface area contributed by atoms with Crippen LogP contribution in [0.1, 0.15) is 38.5 Å². The molecule has 1 heterocycles. The Morgan fingerprint density at radius 3 is 2.24 bits per heavy atom. The van der Waals surface area contributed by atoms with E-state index in [1.165, 1.54) is 26.1 Å². The van der Waals surface area contributed by atoms with Crippen LogP contribution in [-0.2, 0) is 0 Å². The second-order valence-electron chi connectivity index (χ2n) is 7.18. The highest BCUT2D eigenvalue weighted by Crippen LogP contribution is 2.56. The first-order valence-corrected chi connectivity index (χ1v) is 7.81. The van der Waals surface area contributed by atoms with Crippen LogP contribution >= 0.6 is 0 Å². The molecule has 1 aliphatic heterocycles. The zero-order chi connectivity index (χ0) is 11.2. The normalized spacial score (nSPS) is 49.8. The lowest BCUT2D eigenvalue weighted by atomic mass is 9.52. The van der Waals surface area contributed by atoms with Crippen LogP contribution < -0.4 is 5.32 Å². The highest BCUT2D eigenvalue weighted by molar-refractivity contribution is 4.98. The fourth-order valence-electron chi connectivity index (χ4n) is 5.53. The van der Waals surface area contributed by atoms with Gasteiger partial charge in [0, 0.05) is 19.8 Å². The molecular formula is C15H26N2. The van der Waals surface area contributed by atoms with Crippen LogP contribution in [0.25, 0.3) is 0 Å². The summed E-state index contributed by atoms with van der Waals surface area (Å²) in [7, 11) is 0. The van der Waals surface area contributed by atoms with Crippen LogP contribution in [-0.4, -0.2) is 31.2 Å². The van der Waals surface area contributed by atoms with Crippen molar-refractivity contribution in [3.63, 3.8) is 0 Å². The Balaban J connectivity index is 1.43. The summed E-state index contributed by atoms with van der Waals surface area (Å²) in [6.07, 6.45) is 9.27. The smallest absolute Gasteiger partial charge is 0.0480 e. The Hall–Kier alpha value is -0.0800. The molecule has 0 unspecified atom stereocenters. The zero-order valence-corrected chi connectivity index (χ0v) is 10.9. The van der Waals surface area contributed by atoms with Gasteiger partial charge in [0.15, 0.2) is 0 Å². The van der Waals surface area contributed by atoms with Crippen molar-refractivity contribution in [2.24, 2.45) is 29.6 Å². The van der Waals surface area contributed by atoms with Gasteiger partial charge in [0.05, 0.1) is 0 Å². The topological polar surface area (TPSA) is 15.3 Å². The standard InChI is InChI=1S/C15H26N2/c1-2-16-10-17(3-1)9-15-13-5-11-4-12(7-13)8-14(15)6-11/h11-16H,1-10H2. The fraction of sp³-hybridized carbons (Fsp3) is 1.00. The maximum atomic E-state index is 3.53. The molecule has 0 amide bonds. The predicted molar refractivity (Wildman–Crippen MR) is 69.6 cm³/mol. The molecule has 4 bridgehead atoms. The van der Waals surface area contributed by atoms with Gasteiger partial charge in [0.2, 0.25) is 0 Å². The molecule has 4 aliphatic carbocycles. The van der Waals surface area contributed by atoms with Crippen LogP contribution in [0.3, 0.4) is 0 Å². The van der Waals surface area contributed by atoms with E-state index in [1.807, 2.05) is 0 Å². The molecule has 2 nitrogen and oxygen atoms in total. The van der Waals surface area contributed by atoms with Gasteiger partial charge in [-0.15, -0.1) is 0 Å². The fourth-order valence-corrected chi connectivity index (χ4v) is 5.53. The van der Waals surface area contributed by atoms with E-state index in [1.54, 1.807) is 32.1 Å². The SMILES string of the molecule is C1CNCN(CC2C3CC4CC(C3)CC2C4)C1. The highest BCUT2D eigenvalue weighted by atomic mass is 15.2. The lowest BCUT2D eigenvalue weighted by Crippen LogP contribution is -2.51. The Bertz CT molecular complexity index is 255. The first kappa shape index (κ1) is 10.8. The van der Waals surface area contributed by atoms with Crippen LogP contribution in [0.4, 0.5) is 0 Å². The monoisotopic (exact) mass is 234 g/mol. The summed E-state index contributed by atoms with van der Waals surface area (Å²) in [6.45, 7) is 5.14. The third-order valence-corrected chi connectivity index (χ3v) is 6.05. The quantitative estimate of drug-likeness (QED) is 0.789. The first-order chi connectivity index (χ1) is 8.38. The van der Waals surface area contributed by atoms with Crippen molar-refractivity contribution in [3.8, 4) is 0 Å². The van der Waals surface area contributed by atoms with E-state index in [2.05, 4.69) is 10.2 Å². The van der Waals surface area contributed by atoms with Crippen LogP contribution in [0.5, 0.6) is 0 Å². The minimum Gasteiger partial charge on any atom is -0.304 e. The molecule has 0 spiro atoms. The van der Waals surface area contributed by atoms with E-state index < -0.39 is 0 Å². The van der Waals surface area contributed by atoms with Crippen LogP contribution in [0, 0.1) is 29.6 Å². The average Bonchev–Trinajstić information content (AvgIpc) is 2.34. The van der Waals surface area contributed by atoms with E-state index in [0.29, 0.717) is 0 Å². The minimum absolute atomic E-state index is 1.06. The van der Waals surface area contributed by atoms with E-state index in [-0.39, 0.29) is 0 Å². The van der Waals surface area contributed by atoms with Gasteiger partial charge in [0.1, 0.15) is 0 Å². The van der Waals surface area contributed by atoms with Crippen molar-refractivity contribution in [2.75, 3.05) is 26.3 Å². The molecule has 1 saturated heterocycles. The van der Waals surface area contributed by atoms with Crippen LogP contribution in [0.2, 0.25) is 0 Å². The number of rotatable bonds is 2. The molecule has 0 radical (unpaired) electrons. The molecule has 2 heteroatoms. The molecule has 4 saturated carbocycles. The summed E-state index contributed by atoms with van der Waals surface area (Å²) >= 11 is 0. The van der Waals surface area contributed by atoms with Gasteiger partial charge in [-0.05, 0) is 74.7 Å². The molecule has 0 aromatic carbocycles. The molecule has 0 atom stereocenters. The van der Waals surface area contributed by atoms with Gasteiger partial charge in [-0.1, -0.05) is 0 Å². The molecule has 5 aliphatic rings. The molecular weight excluding hydrogens is 208 g/mol. The lowest BCUT2D eigenvalue weighted by molar-refractivity contribution is -0.0511. The van der Waals surface area contributed by atoms with Gasteiger partial charge in [-0.25, -0.2) is 0 Å². The maximum absolute atomic E-state index is 3.53. The summed E-state index contributed by atoms with van der Waals surface area (Å²) in [6, 6.07) is 0. The van der Waals surface area contributed by atoms with Crippen molar-refractivity contribution in [1.29, 1.82) is 0 Å². The maximum Gasteiger partial charge on any atom is 0.0480 e. The summed E-state index contributed by atoms with van der Waals surface area (Å²) in [5.74, 6) is 5.53. The Kier molecular flexibility index (Phi) is 2.69. The molecule has 96 valence electrons. The van der Waals surface area contributed by atoms with E-state index in [4.69, 9.17) is 0 Å². The van der Waals surface area contributed by atoms with Gasteiger partial charge in [-0.3, -0.25) is 4.90 Å². The van der Waals surface area contributed by atoms with Gasteiger partial charge in [0.25, 0.3) is 0 Å². The second kappa shape index (κ2) is 4.24. The summed E-state index contributed by atoms with van der Waals surface area (Å²) in [5.41, 5.74) is 0. The van der Waals surface area contributed by atoms with Crippen molar-refractivity contribution in [2.45, 2.75) is 38.5 Å². The third-order valence-electron chi connectivity index (χ3n) is 6.05. The van der Waals surface area contributed by atoms with Crippen molar-refractivity contribution in [1.82, 2.24) is 10.2 Å². The van der Waals surface area contributed by atoms with Crippen molar-refractivity contribution >= 4 is 0 Å². The van der Waals surface area contributed by atoms with E-state index in [9.17, 15) is 0 Å². The van der Waals surface area contributed by atoms with Gasteiger partial charge >= 0.3 is 0 Å². The van der Waals surface area contributed by atoms with Crippen molar-refractivity contribution in [3.05, 3.63) is 0 Å². The van der Waals surface area contributed by atoms with Gasteiger partial charge < -0.3 is 5.32 Å². The largest absolute Gasteiger partial charge is 0.304 e. The molecule has 1 N–H and O–H groups in total.